The van der Waals surface area contributed by atoms with Crippen molar-refractivity contribution in [3.8, 4) is 5.75 Å². The fourth-order valence-corrected chi connectivity index (χ4v) is 7.12. The number of amides is 2. The number of alkyl halides is 3. The SMILES string of the molecule is CN(C)[C@@H]1C(=O)C(C(N)=O)=C(O)[C@@]2(O)C(=O)C3=C(O)c4c(O)c(NC(=O)[C@@H]5CCCN5C)cc(C(F)(F)F)c4C[C@H]3C[C@@H]12. The molecule has 5 atom stereocenters. The molecule has 3 aliphatic carbocycles. The number of halogens is 3. The third-order valence-corrected chi connectivity index (χ3v) is 9.11. The lowest BCUT2D eigenvalue weighted by Gasteiger charge is -2.50. The van der Waals surface area contributed by atoms with Crippen LogP contribution in [0.2, 0.25) is 0 Å². The van der Waals surface area contributed by atoms with Crippen LogP contribution >= 0.6 is 0 Å². The van der Waals surface area contributed by atoms with Crippen LogP contribution in [-0.4, -0.2) is 99.0 Å². The van der Waals surface area contributed by atoms with Crippen molar-refractivity contribution in [2.75, 3.05) is 33.0 Å². The number of primary amides is 1. The van der Waals surface area contributed by atoms with E-state index in [0.29, 0.717) is 25.5 Å². The number of hydrogen-bond donors (Lipinski definition) is 6. The highest BCUT2D eigenvalue weighted by molar-refractivity contribution is 6.24. The average molecular weight is 609 g/mol. The Hall–Kier alpha value is -3.95. The molecule has 1 aromatic rings. The predicted octanol–water partition coefficient (Wildman–Crippen LogP) is 1.02. The van der Waals surface area contributed by atoms with Crippen LogP contribution in [0.5, 0.6) is 5.75 Å². The van der Waals surface area contributed by atoms with Gasteiger partial charge in [0.2, 0.25) is 11.7 Å². The van der Waals surface area contributed by atoms with Gasteiger partial charge in [0.1, 0.15) is 22.8 Å². The summed E-state index contributed by atoms with van der Waals surface area (Å²) in [4.78, 5) is 55.1. The number of aliphatic hydroxyl groups excluding tert-OH is 2. The van der Waals surface area contributed by atoms with Gasteiger partial charge in [-0.2, -0.15) is 13.2 Å². The van der Waals surface area contributed by atoms with Crippen LogP contribution in [0.3, 0.4) is 0 Å². The molecule has 0 bridgehead atoms. The van der Waals surface area contributed by atoms with Crippen LogP contribution in [0.25, 0.3) is 5.76 Å². The molecule has 1 aromatic carbocycles. The lowest BCUT2D eigenvalue weighted by Crippen LogP contribution is -2.65. The van der Waals surface area contributed by atoms with Crippen LogP contribution < -0.4 is 11.1 Å². The Balaban J connectivity index is 1.70. The Morgan fingerprint density at radius 2 is 1.84 bits per heavy atom. The molecule has 2 amide bonds. The summed E-state index contributed by atoms with van der Waals surface area (Å²) in [6.45, 7) is 0.585. The average Bonchev–Trinajstić information content (AvgIpc) is 3.32. The van der Waals surface area contributed by atoms with Gasteiger partial charge in [0, 0.05) is 11.5 Å². The number of aromatic hydroxyl groups is 1. The number of phenolic OH excluding ortho intramolecular Hbond substituents is 1. The Morgan fingerprint density at radius 3 is 2.37 bits per heavy atom. The molecule has 0 radical (unpaired) electrons. The summed E-state index contributed by atoms with van der Waals surface area (Å²) in [5.41, 5.74) is -2.48. The fraction of sp³-hybridized carbons (Fsp3) is 0.500. The van der Waals surface area contributed by atoms with E-state index in [4.69, 9.17) is 5.73 Å². The van der Waals surface area contributed by atoms with Crippen molar-refractivity contribution in [3.63, 3.8) is 0 Å². The van der Waals surface area contributed by atoms with E-state index >= 15 is 0 Å². The molecule has 232 valence electrons. The molecule has 1 heterocycles. The zero-order valence-corrected chi connectivity index (χ0v) is 23.4. The minimum atomic E-state index is -5.01. The number of phenols is 1. The molecule has 15 heteroatoms. The van der Waals surface area contributed by atoms with E-state index in [1.165, 1.54) is 19.0 Å². The number of anilines is 1. The lowest BCUT2D eigenvalue weighted by atomic mass is 9.57. The quantitative estimate of drug-likeness (QED) is 0.212. The predicted molar refractivity (Wildman–Crippen MR) is 144 cm³/mol. The number of Topliss-reactive ketones (excluding diaryl/α,β-unsaturated/α-hetero) is 2. The topological polar surface area (TPSA) is 194 Å². The number of hydrogen-bond acceptors (Lipinski definition) is 10. The molecule has 0 spiro atoms. The Bertz CT molecular complexity index is 1530. The number of nitrogens with one attached hydrogen (secondary N) is 1. The van der Waals surface area contributed by atoms with Gasteiger partial charge in [-0.1, -0.05) is 0 Å². The third-order valence-electron chi connectivity index (χ3n) is 9.11. The Labute approximate surface area is 243 Å². The number of rotatable bonds is 4. The van der Waals surface area contributed by atoms with Crippen LogP contribution in [0.4, 0.5) is 18.9 Å². The maximum absolute atomic E-state index is 14.4. The maximum Gasteiger partial charge on any atom is 0.416 e. The van der Waals surface area contributed by atoms with Crippen LogP contribution in [0, 0.1) is 11.8 Å². The summed E-state index contributed by atoms with van der Waals surface area (Å²) < 4.78 is 43.2. The number of nitrogens with two attached hydrogens (primary N) is 1. The number of likely N-dealkylation sites (tertiary alicyclic amines) is 1. The van der Waals surface area contributed by atoms with E-state index in [-0.39, 0.29) is 6.42 Å². The van der Waals surface area contributed by atoms with Gasteiger partial charge in [-0.15, -0.1) is 0 Å². The molecule has 4 aliphatic rings. The summed E-state index contributed by atoms with van der Waals surface area (Å²) in [6.07, 6.45) is -4.81. The minimum absolute atomic E-state index is 0.365. The van der Waals surface area contributed by atoms with Crippen molar-refractivity contribution in [1.82, 2.24) is 9.80 Å². The zero-order chi connectivity index (χ0) is 31.9. The first-order chi connectivity index (χ1) is 19.9. The van der Waals surface area contributed by atoms with Crippen molar-refractivity contribution in [3.05, 3.63) is 39.7 Å². The van der Waals surface area contributed by atoms with Gasteiger partial charge in [0.05, 0.1) is 28.9 Å². The minimum Gasteiger partial charge on any atom is -0.508 e. The van der Waals surface area contributed by atoms with E-state index in [9.17, 15) is 52.8 Å². The van der Waals surface area contributed by atoms with Crippen molar-refractivity contribution in [2.45, 2.75) is 49.5 Å². The summed E-state index contributed by atoms with van der Waals surface area (Å²) in [7, 11) is 4.49. The summed E-state index contributed by atoms with van der Waals surface area (Å²) >= 11 is 0. The highest BCUT2D eigenvalue weighted by Crippen LogP contribution is 2.55. The van der Waals surface area contributed by atoms with Crippen molar-refractivity contribution >= 4 is 34.8 Å². The van der Waals surface area contributed by atoms with E-state index in [1.54, 1.807) is 11.9 Å². The first-order valence-corrected chi connectivity index (χ1v) is 13.5. The molecule has 0 aromatic heterocycles. The summed E-state index contributed by atoms with van der Waals surface area (Å²) in [6, 6.07) is -1.47. The molecule has 1 saturated carbocycles. The molecular formula is C28H31F3N4O8. The third kappa shape index (κ3) is 4.40. The first-order valence-electron chi connectivity index (χ1n) is 13.5. The number of aliphatic hydroxyl groups is 3. The lowest BCUT2D eigenvalue weighted by molar-refractivity contribution is -0.153. The zero-order valence-electron chi connectivity index (χ0n) is 23.4. The molecule has 7 N–H and O–H groups in total. The van der Waals surface area contributed by atoms with Gasteiger partial charge >= 0.3 is 6.18 Å². The van der Waals surface area contributed by atoms with E-state index in [0.717, 1.165) is 0 Å². The second kappa shape index (κ2) is 10.1. The molecule has 12 nitrogen and oxygen atoms in total. The second-order valence-electron chi connectivity index (χ2n) is 11.8. The number of nitrogens with zero attached hydrogens (tertiary/aromatic N) is 2. The molecule has 1 aliphatic heterocycles. The number of ketones is 2. The van der Waals surface area contributed by atoms with E-state index in [1.807, 2.05) is 0 Å². The molecule has 1 saturated heterocycles. The van der Waals surface area contributed by atoms with Gasteiger partial charge in [-0.3, -0.25) is 29.0 Å². The molecule has 5 rings (SSSR count). The number of fused-ring (bicyclic) bond motifs is 3. The monoisotopic (exact) mass is 608 g/mol. The number of likely N-dealkylation sites (N-methyl/N-ethyl adjacent to an activating group) is 2. The van der Waals surface area contributed by atoms with Gasteiger partial charge < -0.3 is 31.5 Å². The number of carbonyl (C=O) groups is 4. The van der Waals surface area contributed by atoms with Gasteiger partial charge in [-0.25, -0.2) is 0 Å². The maximum atomic E-state index is 14.4. The smallest absolute Gasteiger partial charge is 0.416 e. The second-order valence-corrected chi connectivity index (χ2v) is 11.8. The largest absolute Gasteiger partial charge is 0.508 e. The summed E-state index contributed by atoms with van der Waals surface area (Å²) in [5, 5.41) is 47.3. The molecular weight excluding hydrogens is 577 g/mol. The highest BCUT2D eigenvalue weighted by Gasteiger charge is 2.64. The van der Waals surface area contributed by atoms with E-state index < -0.39 is 116 Å². The molecule has 43 heavy (non-hydrogen) atoms. The van der Waals surface area contributed by atoms with Gasteiger partial charge in [0.25, 0.3) is 5.91 Å². The highest BCUT2D eigenvalue weighted by atomic mass is 19.4. The van der Waals surface area contributed by atoms with Gasteiger partial charge in [0.15, 0.2) is 11.4 Å². The molecule has 0 unspecified atom stereocenters. The van der Waals surface area contributed by atoms with Crippen molar-refractivity contribution in [1.29, 1.82) is 0 Å². The van der Waals surface area contributed by atoms with Crippen LogP contribution in [-0.2, 0) is 31.8 Å². The normalized spacial score (nSPS) is 29.5. The fourth-order valence-electron chi connectivity index (χ4n) is 7.12. The van der Waals surface area contributed by atoms with Crippen LogP contribution in [0.1, 0.15) is 36.0 Å². The van der Waals surface area contributed by atoms with Crippen molar-refractivity contribution < 1.29 is 52.8 Å². The van der Waals surface area contributed by atoms with Gasteiger partial charge in [-0.05, 0) is 70.9 Å². The number of carbonyl (C=O) groups excluding carboxylic acids is 4. The van der Waals surface area contributed by atoms with Crippen molar-refractivity contribution in [2.24, 2.45) is 17.6 Å². The molecule has 2 fully saturated rings. The first kappa shape index (κ1) is 30.5. The standard InChI is InChI=1S/C28H31F3N4O8/c1-34(2)19-13-8-10-7-11-12(28(29,30)31)9-14(33-26(42)15-5-4-6-35(15)3)20(36)17(11)21(37)16(10)23(39)27(13,43)24(40)18(22(19)38)25(32)41/h9-10,13,15,19,36-37,40,43H,4-8H2,1-3H3,(H2,32,41)(H,33,42)/t10-,13-,15-,19-,27-/m0/s1. The Kier molecular flexibility index (Phi) is 7.14. The number of benzene rings is 1. The van der Waals surface area contributed by atoms with Crippen LogP contribution in [0.15, 0.2) is 23.0 Å². The Morgan fingerprint density at radius 1 is 1.19 bits per heavy atom. The van der Waals surface area contributed by atoms with E-state index in [2.05, 4.69) is 5.32 Å². The summed E-state index contributed by atoms with van der Waals surface area (Å²) in [5.74, 6) is -10.4.